The third-order valence-corrected chi connectivity index (χ3v) is 2.44. The molecule has 0 unspecified atom stereocenters. The van der Waals surface area contributed by atoms with E-state index in [0.717, 1.165) is 5.69 Å². The summed E-state index contributed by atoms with van der Waals surface area (Å²) in [7, 11) is 0. The van der Waals surface area contributed by atoms with E-state index < -0.39 is 5.97 Å². The predicted octanol–water partition coefficient (Wildman–Crippen LogP) is 1.58. The number of anilines is 1. The molecule has 1 aromatic rings. The largest absolute Gasteiger partial charge is 0.481 e. The fourth-order valence-corrected chi connectivity index (χ4v) is 1.53. The van der Waals surface area contributed by atoms with Crippen LogP contribution in [0.2, 0.25) is 5.02 Å². The van der Waals surface area contributed by atoms with Crippen LogP contribution >= 0.6 is 11.6 Å². The van der Waals surface area contributed by atoms with Gasteiger partial charge in [0.05, 0.1) is 6.42 Å². The maximum Gasteiger partial charge on any atom is 0.305 e. The summed E-state index contributed by atoms with van der Waals surface area (Å²) < 4.78 is 0. The molecule has 16 heavy (non-hydrogen) atoms. The number of nitrogens with two attached hydrogens (primary N) is 1. The number of halogens is 1. The summed E-state index contributed by atoms with van der Waals surface area (Å²) in [4.78, 5) is 12.4. The SMILES string of the molecule is NCCN(CCC(=O)O)c1ccc(Cl)cc1. The molecule has 0 fully saturated rings. The van der Waals surface area contributed by atoms with Gasteiger partial charge in [0.25, 0.3) is 0 Å². The Morgan fingerprint density at radius 2 is 1.94 bits per heavy atom. The predicted molar refractivity (Wildman–Crippen MR) is 65.0 cm³/mol. The molecule has 0 atom stereocenters. The summed E-state index contributed by atoms with van der Waals surface area (Å²) in [5, 5.41) is 9.30. The molecule has 0 radical (unpaired) electrons. The summed E-state index contributed by atoms with van der Waals surface area (Å²) in [6, 6.07) is 7.28. The van der Waals surface area contributed by atoms with Crippen LogP contribution in [0.15, 0.2) is 24.3 Å². The number of carboxylic acids is 1. The Hall–Kier alpha value is -1.26. The van der Waals surface area contributed by atoms with Gasteiger partial charge in [-0.15, -0.1) is 0 Å². The van der Waals surface area contributed by atoms with E-state index in [2.05, 4.69) is 0 Å². The first kappa shape index (κ1) is 12.8. The summed E-state index contributed by atoms with van der Waals surface area (Å²) in [6.07, 6.45) is 0.0998. The average molecular weight is 243 g/mol. The van der Waals surface area contributed by atoms with Crippen molar-refractivity contribution in [1.29, 1.82) is 0 Å². The number of nitrogens with zero attached hydrogens (tertiary/aromatic N) is 1. The van der Waals surface area contributed by atoms with Crippen molar-refractivity contribution in [1.82, 2.24) is 0 Å². The number of aliphatic carboxylic acids is 1. The lowest BCUT2D eigenvalue weighted by Crippen LogP contribution is -2.31. The van der Waals surface area contributed by atoms with E-state index in [4.69, 9.17) is 22.4 Å². The van der Waals surface area contributed by atoms with Crippen LogP contribution < -0.4 is 10.6 Å². The van der Waals surface area contributed by atoms with Gasteiger partial charge in [-0.2, -0.15) is 0 Å². The highest BCUT2D eigenvalue weighted by atomic mass is 35.5. The van der Waals surface area contributed by atoms with Crippen LogP contribution in [-0.2, 0) is 4.79 Å². The van der Waals surface area contributed by atoms with E-state index in [0.29, 0.717) is 24.7 Å². The molecule has 88 valence electrons. The van der Waals surface area contributed by atoms with Crippen LogP contribution in [0, 0.1) is 0 Å². The number of carbonyl (C=O) groups is 1. The molecule has 1 rings (SSSR count). The average Bonchev–Trinajstić information content (AvgIpc) is 2.25. The van der Waals surface area contributed by atoms with Gasteiger partial charge in [-0.25, -0.2) is 0 Å². The molecule has 0 bridgehead atoms. The van der Waals surface area contributed by atoms with Crippen molar-refractivity contribution in [3.05, 3.63) is 29.3 Å². The lowest BCUT2D eigenvalue weighted by Gasteiger charge is -2.23. The monoisotopic (exact) mass is 242 g/mol. The van der Waals surface area contributed by atoms with Gasteiger partial charge in [-0.3, -0.25) is 4.79 Å². The molecule has 4 nitrogen and oxygen atoms in total. The van der Waals surface area contributed by atoms with Gasteiger partial charge < -0.3 is 15.7 Å². The second kappa shape index (κ2) is 6.35. The van der Waals surface area contributed by atoms with Crippen molar-refractivity contribution in [2.45, 2.75) is 6.42 Å². The third-order valence-electron chi connectivity index (χ3n) is 2.19. The van der Waals surface area contributed by atoms with Crippen molar-refractivity contribution in [2.24, 2.45) is 5.73 Å². The summed E-state index contributed by atoms with van der Waals surface area (Å²) >= 11 is 5.78. The zero-order valence-corrected chi connectivity index (χ0v) is 9.65. The van der Waals surface area contributed by atoms with E-state index in [9.17, 15) is 4.79 Å². The normalized spacial score (nSPS) is 10.1. The van der Waals surface area contributed by atoms with Crippen LogP contribution in [0.25, 0.3) is 0 Å². The molecule has 1 aromatic carbocycles. The van der Waals surface area contributed by atoms with Crippen LogP contribution in [0.1, 0.15) is 6.42 Å². The van der Waals surface area contributed by atoms with Gasteiger partial charge in [0.15, 0.2) is 0 Å². The minimum absolute atomic E-state index is 0.0998. The molecular formula is C11H15ClN2O2. The summed E-state index contributed by atoms with van der Waals surface area (Å²) in [5.41, 5.74) is 6.43. The molecule has 5 heteroatoms. The highest BCUT2D eigenvalue weighted by Gasteiger charge is 2.07. The van der Waals surface area contributed by atoms with Gasteiger partial charge in [-0.1, -0.05) is 11.6 Å². The molecule has 0 saturated carbocycles. The second-order valence-corrected chi connectivity index (χ2v) is 3.83. The standard InChI is InChI=1S/C11H15ClN2O2/c12-9-1-3-10(4-2-9)14(8-6-13)7-5-11(15)16/h1-4H,5-8,13H2,(H,15,16). The Labute approximate surface area is 99.6 Å². The van der Waals surface area contributed by atoms with Gasteiger partial charge in [-0.05, 0) is 24.3 Å². The number of hydrogen-bond acceptors (Lipinski definition) is 3. The van der Waals surface area contributed by atoms with Gasteiger partial charge in [0.2, 0.25) is 0 Å². The summed E-state index contributed by atoms with van der Waals surface area (Å²) in [6.45, 7) is 1.57. The minimum atomic E-state index is -0.809. The van der Waals surface area contributed by atoms with Crippen molar-refractivity contribution >= 4 is 23.3 Å². The van der Waals surface area contributed by atoms with Crippen LogP contribution in [0.4, 0.5) is 5.69 Å². The summed E-state index contributed by atoms with van der Waals surface area (Å²) in [5.74, 6) is -0.809. The first-order valence-corrected chi connectivity index (χ1v) is 5.43. The Morgan fingerprint density at radius 3 is 2.44 bits per heavy atom. The number of carboxylic acid groups (broad SMARTS) is 1. The quantitative estimate of drug-likeness (QED) is 0.795. The fraction of sp³-hybridized carbons (Fsp3) is 0.364. The van der Waals surface area contributed by atoms with Crippen molar-refractivity contribution in [2.75, 3.05) is 24.5 Å². The van der Waals surface area contributed by atoms with E-state index >= 15 is 0 Å². The molecule has 0 aliphatic rings. The molecule has 0 aliphatic heterocycles. The van der Waals surface area contributed by atoms with Crippen LogP contribution in [0.5, 0.6) is 0 Å². The van der Waals surface area contributed by atoms with E-state index in [1.165, 1.54) is 0 Å². The Kier molecular flexibility index (Phi) is 5.08. The molecule has 0 spiro atoms. The highest BCUT2D eigenvalue weighted by Crippen LogP contribution is 2.17. The molecule has 0 amide bonds. The van der Waals surface area contributed by atoms with Crippen LogP contribution in [-0.4, -0.2) is 30.7 Å². The second-order valence-electron chi connectivity index (χ2n) is 3.40. The number of benzene rings is 1. The molecule has 0 aromatic heterocycles. The lowest BCUT2D eigenvalue weighted by molar-refractivity contribution is -0.136. The van der Waals surface area contributed by atoms with Crippen LogP contribution in [0.3, 0.4) is 0 Å². The topological polar surface area (TPSA) is 66.6 Å². The highest BCUT2D eigenvalue weighted by molar-refractivity contribution is 6.30. The molecule has 0 aliphatic carbocycles. The number of hydrogen-bond donors (Lipinski definition) is 2. The molecule has 0 saturated heterocycles. The zero-order chi connectivity index (χ0) is 12.0. The van der Waals surface area contributed by atoms with E-state index in [-0.39, 0.29) is 6.42 Å². The number of rotatable bonds is 6. The fourth-order valence-electron chi connectivity index (χ4n) is 1.41. The van der Waals surface area contributed by atoms with E-state index in [1.807, 2.05) is 17.0 Å². The zero-order valence-electron chi connectivity index (χ0n) is 8.90. The van der Waals surface area contributed by atoms with Crippen molar-refractivity contribution < 1.29 is 9.90 Å². The van der Waals surface area contributed by atoms with Gasteiger partial charge in [0.1, 0.15) is 0 Å². The Balaban J connectivity index is 2.68. The maximum absolute atomic E-state index is 10.5. The Morgan fingerprint density at radius 1 is 1.31 bits per heavy atom. The Bertz CT molecular complexity index is 340. The molecular weight excluding hydrogens is 228 g/mol. The lowest BCUT2D eigenvalue weighted by atomic mass is 10.2. The first-order chi connectivity index (χ1) is 7.63. The minimum Gasteiger partial charge on any atom is -0.481 e. The molecule has 3 N–H and O–H groups in total. The third kappa shape index (κ3) is 4.08. The van der Waals surface area contributed by atoms with E-state index in [1.54, 1.807) is 12.1 Å². The van der Waals surface area contributed by atoms with Gasteiger partial charge >= 0.3 is 5.97 Å². The smallest absolute Gasteiger partial charge is 0.305 e. The van der Waals surface area contributed by atoms with Crippen molar-refractivity contribution in [3.8, 4) is 0 Å². The first-order valence-electron chi connectivity index (χ1n) is 5.06. The molecule has 0 heterocycles. The maximum atomic E-state index is 10.5. The van der Waals surface area contributed by atoms with Gasteiger partial charge in [0, 0.05) is 30.3 Å². The van der Waals surface area contributed by atoms with Crippen molar-refractivity contribution in [3.63, 3.8) is 0 Å².